The molecule has 7 nitrogen and oxygen atoms in total. The number of aliphatic carboxylic acids is 2. The van der Waals surface area contributed by atoms with Crippen molar-refractivity contribution in [2.45, 2.75) is 24.6 Å². The summed E-state index contributed by atoms with van der Waals surface area (Å²) in [5, 5.41) is 18.4. The number of carbonyl (C=O) groups excluding carboxylic acids is 1. The smallest absolute Gasteiger partial charge is 0.327 e. The summed E-state index contributed by atoms with van der Waals surface area (Å²) in [6.07, 6.45) is -1.59. The van der Waals surface area contributed by atoms with Crippen LogP contribution in [-0.4, -0.2) is 45.1 Å². The van der Waals surface area contributed by atoms with E-state index in [-0.39, 0.29) is 0 Å². The van der Waals surface area contributed by atoms with Crippen molar-refractivity contribution in [3.63, 3.8) is 0 Å². The number of carboxylic acid groups (broad SMARTS) is 2. The quantitative estimate of drug-likeness (QED) is 0.736. The molecule has 0 aromatic heterocycles. The van der Waals surface area contributed by atoms with Gasteiger partial charge in [0.25, 0.3) is 5.91 Å². The minimum absolute atomic E-state index is 0.483. The highest BCUT2D eigenvalue weighted by Gasteiger charge is 2.55. The molecule has 1 amide bonds. The summed E-state index contributed by atoms with van der Waals surface area (Å²) >= 11 is 0. The first-order chi connectivity index (χ1) is 12.5. The highest BCUT2D eigenvalue weighted by molar-refractivity contribution is 5.94. The minimum atomic E-state index is -1.46. The van der Waals surface area contributed by atoms with Crippen molar-refractivity contribution in [3.05, 3.63) is 66.2 Å². The van der Waals surface area contributed by atoms with E-state index in [1.165, 1.54) is 0 Å². The average molecular weight is 355 g/mol. The monoisotopic (exact) mass is 355 g/mol. The SMILES string of the molecule is O=C(O)C[C@@H](C(=O)O)N1C(=O)[C@H](Oc2ccccc2)[C@@H]1c1ccccc1. The summed E-state index contributed by atoms with van der Waals surface area (Å²) in [4.78, 5) is 36.3. The van der Waals surface area contributed by atoms with Crippen LogP contribution < -0.4 is 4.74 Å². The highest BCUT2D eigenvalue weighted by atomic mass is 16.5. The zero-order valence-corrected chi connectivity index (χ0v) is 13.7. The van der Waals surface area contributed by atoms with Crippen LogP contribution in [0.15, 0.2) is 60.7 Å². The second-order valence-corrected chi connectivity index (χ2v) is 5.90. The number of carbonyl (C=O) groups is 3. The predicted molar refractivity (Wildman–Crippen MR) is 90.6 cm³/mol. The first kappa shape index (κ1) is 17.5. The first-order valence-electron chi connectivity index (χ1n) is 8.02. The van der Waals surface area contributed by atoms with Crippen LogP contribution in [0.1, 0.15) is 18.0 Å². The van der Waals surface area contributed by atoms with Crippen molar-refractivity contribution < 1.29 is 29.3 Å². The van der Waals surface area contributed by atoms with Crippen LogP contribution in [0.3, 0.4) is 0 Å². The van der Waals surface area contributed by atoms with Gasteiger partial charge in [-0.05, 0) is 17.7 Å². The van der Waals surface area contributed by atoms with E-state index in [1.807, 2.05) is 6.07 Å². The van der Waals surface area contributed by atoms with E-state index in [2.05, 4.69) is 0 Å². The summed E-state index contributed by atoms with van der Waals surface area (Å²) in [5.74, 6) is -2.71. The molecule has 1 fully saturated rings. The maximum atomic E-state index is 12.6. The van der Waals surface area contributed by atoms with Crippen LogP contribution in [0.5, 0.6) is 5.75 Å². The van der Waals surface area contributed by atoms with E-state index in [4.69, 9.17) is 9.84 Å². The van der Waals surface area contributed by atoms with Crippen molar-refractivity contribution in [2.75, 3.05) is 0 Å². The molecule has 3 atom stereocenters. The van der Waals surface area contributed by atoms with E-state index < -0.39 is 42.5 Å². The Balaban J connectivity index is 1.93. The van der Waals surface area contributed by atoms with Crippen molar-refractivity contribution >= 4 is 17.8 Å². The van der Waals surface area contributed by atoms with Crippen molar-refractivity contribution in [2.24, 2.45) is 0 Å². The third kappa shape index (κ3) is 3.37. The molecule has 2 aromatic carbocycles. The zero-order chi connectivity index (χ0) is 18.7. The van der Waals surface area contributed by atoms with Crippen molar-refractivity contribution in [1.82, 2.24) is 4.90 Å². The summed E-state index contributed by atoms with van der Waals surface area (Å²) in [6, 6.07) is 15.4. The molecule has 7 heteroatoms. The van der Waals surface area contributed by atoms with Gasteiger partial charge in [0, 0.05) is 0 Å². The molecule has 3 rings (SSSR count). The predicted octanol–water partition coefficient (Wildman–Crippen LogP) is 1.95. The minimum Gasteiger partial charge on any atom is -0.481 e. The van der Waals surface area contributed by atoms with Crippen LogP contribution in [-0.2, 0) is 14.4 Å². The Hall–Kier alpha value is -3.35. The molecule has 1 saturated heterocycles. The third-order valence-corrected chi connectivity index (χ3v) is 4.22. The van der Waals surface area contributed by atoms with Gasteiger partial charge in [0.2, 0.25) is 6.10 Å². The Bertz CT molecular complexity index is 807. The number of rotatable bonds is 7. The molecule has 1 heterocycles. The summed E-state index contributed by atoms with van der Waals surface area (Å²) < 4.78 is 5.76. The summed E-state index contributed by atoms with van der Waals surface area (Å²) in [6.45, 7) is 0. The molecule has 0 spiro atoms. The molecule has 2 N–H and O–H groups in total. The van der Waals surface area contributed by atoms with Gasteiger partial charge in [-0.15, -0.1) is 0 Å². The lowest BCUT2D eigenvalue weighted by Gasteiger charge is -2.49. The molecule has 134 valence electrons. The number of β-lactam (4-membered cyclic amide) rings is 1. The Morgan fingerprint density at radius 1 is 1.00 bits per heavy atom. The number of carboxylic acids is 2. The standard InChI is InChI=1S/C19H17NO6/c21-15(22)11-14(19(24)25)20-16(12-7-3-1-4-8-12)17(18(20)23)26-13-9-5-2-6-10-13/h1-10,14,16-17H,11H2,(H,21,22)(H,24,25)/t14-,16-,17+/m0/s1. The number of para-hydroxylation sites is 1. The Morgan fingerprint density at radius 3 is 2.12 bits per heavy atom. The largest absolute Gasteiger partial charge is 0.481 e. The fraction of sp³-hybridized carbons (Fsp3) is 0.211. The van der Waals surface area contributed by atoms with Crippen LogP contribution in [0.2, 0.25) is 0 Å². The van der Waals surface area contributed by atoms with Crippen molar-refractivity contribution in [3.8, 4) is 5.75 Å². The van der Waals surface area contributed by atoms with Gasteiger partial charge in [-0.3, -0.25) is 9.59 Å². The summed E-state index contributed by atoms with van der Waals surface area (Å²) in [7, 11) is 0. The molecule has 0 radical (unpaired) electrons. The third-order valence-electron chi connectivity index (χ3n) is 4.22. The van der Waals surface area contributed by atoms with Gasteiger partial charge in [-0.2, -0.15) is 0 Å². The Labute approximate surface area is 149 Å². The molecule has 0 aliphatic carbocycles. The van der Waals surface area contributed by atoms with Gasteiger partial charge in [0.15, 0.2) is 0 Å². The van der Waals surface area contributed by atoms with E-state index in [1.54, 1.807) is 54.6 Å². The lowest BCUT2D eigenvalue weighted by atomic mass is 9.87. The number of amides is 1. The Kier molecular flexibility index (Phi) is 4.88. The maximum absolute atomic E-state index is 12.6. The molecule has 1 aliphatic rings. The second kappa shape index (κ2) is 7.26. The molecule has 26 heavy (non-hydrogen) atoms. The molecule has 0 unspecified atom stereocenters. The van der Waals surface area contributed by atoms with Crippen LogP contribution in [0, 0.1) is 0 Å². The molecule has 1 aliphatic heterocycles. The van der Waals surface area contributed by atoms with Crippen molar-refractivity contribution in [1.29, 1.82) is 0 Å². The number of ether oxygens (including phenoxy) is 1. The number of nitrogens with zero attached hydrogens (tertiary/aromatic N) is 1. The van der Waals surface area contributed by atoms with E-state index in [0.29, 0.717) is 11.3 Å². The van der Waals surface area contributed by atoms with Gasteiger partial charge in [0.05, 0.1) is 6.42 Å². The van der Waals surface area contributed by atoms with Gasteiger partial charge in [-0.1, -0.05) is 48.5 Å². The first-order valence-corrected chi connectivity index (χ1v) is 8.02. The normalized spacial score (nSPS) is 20.2. The Morgan fingerprint density at radius 2 is 1.58 bits per heavy atom. The average Bonchev–Trinajstić information content (AvgIpc) is 2.63. The maximum Gasteiger partial charge on any atom is 0.327 e. The van der Waals surface area contributed by atoms with Gasteiger partial charge in [0.1, 0.15) is 17.8 Å². The summed E-state index contributed by atoms with van der Waals surface area (Å²) in [5.41, 5.74) is 0.685. The number of hydrogen-bond acceptors (Lipinski definition) is 4. The fourth-order valence-corrected chi connectivity index (χ4v) is 3.05. The topological polar surface area (TPSA) is 104 Å². The molecular weight excluding hydrogens is 338 g/mol. The second-order valence-electron chi connectivity index (χ2n) is 5.90. The lowest BCUT2D eigenvalue weighted by Crippen LogP contribution is -2.66. The van der Waals surface area contributed by atoms with E-state index >= 15 is 0 Å². The highest BCUT2D eigenvalue weighted by Crippen LogP contribution is 2.40. The van der Waals surface area contributed by atoms with E-state index in [0.717, 1.165) is 4.90 Å². The van der Waals surface area contributed by atoms with Crippen LogP contribution >= 0.6 is 0 Å². The van der Waals surface area contributed by atoms with Gasteiger partial charge < -0.3 is 19.8 Å². The fourth-order valence-electron chi connectivity index (χ4n) is 3.05. The number of hydrogen-bond donors (Lipinski definition) is 2. The zero-order valence-electron chi connectivity index (χ0n) is 13.7. The number of likely N-dealkylation sites (tertiary alicyclic amines) is 1. The van der Waals surface area contributed by atoms with E-state index in [9.17, 15) is 19.5 Å². The van der Waals surface area contributed by atoms with Crippen LogP contribution in [0.25, 0.3) is 0 Å². The molecule has 2 aromatic rings. The molecule has 0 bridgehead atoms. The molecule has 0 saturated carbocycles. The van der Waals surface area contributed by atoms with Crippen LogP contribution in [0.4, 0.5) is 0 Å². The molecular formula is C19H17NO6. The number of benzene rings is 2. The lowest BCUT2D eigenvalue weighted by molar-refractivity contribution is -0.178. The van der Waals surface area contributed by atoms with Gasteiger partial charge >= 0.3 is 11.9 Å². The van der Waals surface area contributed by atoms with Gasteiger partial charge in [-0.25, -0.2) is 4.79 Å².